The fourth-order valence-corrected chi connectivity index (χ4v) is 2.11. The second kappa shape index (κ2) is 5.52. The Hall–Kier alpha value is -1.06. The topological polar surface area (TPSA) is 41.5 Å². The highest BCUT2D eigenvalue weighted by Gasteiger charge is 2.28. The number of aliphatic hydroxyl groups is 1. The van der Waals surface area contributed by atoms with E-state index < -0.39 is 6.10 Å². The third-order valence-electron chi connectivity index (χ3n) is 3.46. The molecule has 1 aromatic carbocycles. The molecule has 1 aliphatic carbocycles. The van der Waals surface area contributed by atoms with Gasteiger partial charge in [-0.25, -0.2) is 0 Å². The van der Waals surface area contributed by atoms with Crippen molar-refractivity contribution in [1.82, 2.24) is 5.32 Å². The molecule has 1 fully saturated rings. The third kappa shape index (κ3) is 3.20. The first-order valence-corrected chi connectivity index (χ1v) is 6.26. The maximum absolute atomic E-state index is 10.1. The minimum atomic E-state index is -0.507. The van der Waals surface area contributed by atoms with Crippen molar-refractivity contribution in [2.24, 2.45) is 5.92 Å². The molecular formula is C14H21NO2. The monoisotopic (exact) mass is 235 g/mol. The molecule has 3 nitrogen and oxygen atoms in total. The second-order valence-corrected chi connectivity index (χ2v) is 4.79. The molecule has 1 saturated carbocycles. The summed E-state index contributed by atoms with van der Waals surface area (Å²) >= 11 is 0. The van der Waals surface area contributed by atoms with Crippen LogP contribution in [0, 0.1) is 5.92 Å². The molecule has 0 aromatic heterocycles. The molecule has 3 heteroatoms. The van der Waals surface area contributed by atoms with Crippen LogP contribution in [0.4, 0.5) is 0 Å². The highest BCUT2D eigenvalue weighted by atomic mass is 16.5. The minimum absolute atomic E-state index is 0.499. The van der Waals surface area contributed by atoms with Gasteiger partial charge in [-0.2, -0.15) is 0 Å². The number of hydrogen-bond acceptors (Lipinski definition) is 3. The van der Waals surface area contributed by atoms with Crippen LogP contribution >= 0.6 is 0 Å². The van der Waals surface area contributed by atoms with E-state index in [0.29, 0.717) is 12.6 Å². The van der Waals surface area contributed by atoms with Gasteiger partial charge < -0.3 is 15.2 Å². The second-order valence-electron chi connectivity index (χ2n) is 4.79. The Kier molecular flexibility index (Phi) is 4.02. The van der Waals surface area contributed by atoms with Crippen LogP contribution in [-0.4, -0.2) is 24.8 Å². The Labute approximate surface area is 103 Å². The summed E-state index contributed by atoms with van der Waals surface area (Å²) in [5.41, 5.74) is 0.852. The maximum Gasteiger partial charge on any atom is 0.124 e. The smallest absolute Gasteiger partial charge is 0.124 e. The number of aliphatic hydroxyl groups excluding tert-OH is 1. The van der Waals surface area contributed by atoms with Crippen molar-refractivity contribution in [1.29, 1.82) is 0 Å². The molecule has 1 aliphatic rings. The van der Waals surface area contributed by atoms with Gasteiger partial charge in [-0.3, -0.25) is 0 Å². The van der Waals surface area contributed by atoms with E-state index in [1.165, 1.54) is 12.8 Å². The van der Waals surface area contributed by atoms with Crippen LogP contribution in [0.1, 0.15) is 31.4 Å². The van der Waals surface area contributed by atoms with Crippen LogP contribution in [0.2, 0.25) is 0 Å². The van der Waals surface area contributed by atoms with Crippen LogP contribution < -0.4 is 10.1 Å². The van der Waals surface area contributed by atoms with Gasteiger partial charge in [0.15, 0.2) is 0 Å². The number of nitrogens with one attached hydrogen (secondary N) is 1. The number of ether oxygens (including phenoxy) is 1. The number of hydrogen-bond donors (Lipinski definition) is 2. The lowest BCUT2D eigenvalue weighted by Gasteiger charge is -2.18. The van der Waals surface area contributed by atoms with Gasteiger partial charge >= 0.3 is 0 Å². The van der Waals surface area contributed by atoms with E-state index in [-0.39, 0.29) is 0 Å². The zero-order valence-corrected chi connectivity index (χ0v) is 10.5. The fraction of sp³-hybridized carbons (Fsp3) is 0.571. The molecule has 2 N–H and O–H groups in total. The van der Waals surface area contributed by atoms with E-state index in [4.69, 9.17) is 4.74 Å². The van der Waals surface area contributed by atoms with Gasteiger partial charge in [-0.1, -0.05) is 18.2 Å². The number of methoxy groups -OCH3 is 1. The molecule has 0 unspecified atom stereocenters. The van der Waals surface area contributed by atoms with Crippen molar-refractivity contribution in [2.45, 2.75) is 31.9 Å². The summed E-state index contributed by atoms with van der Waals surface area (Å²) in [5.74, 6) is 1.56. The standard InChI is InChI=1S/C14H21NO2/c1-10(11-7-8-11)15-9-13(16)12-5-3-4-6-14(12)17-2/h3-6,10-11,13,15-16H,7-9H2,1-2H3/t10-,13-/m0/s1. The molecule has 1 aromatic rings. The van der Waals surface area contributed by atoms with Gasteiger partial charge in [0.2, 0.25) is 0 Å². The Morgan fingerprint density at radius 3 is 2.76 bits per heavy atom. The normalized spacial score (nSPS) is 18.8. The summed E-state index contributed by atoms with van der Waals surface area (Å²) in [5, 5.41) is 13.5. The molecule has 0 heterocycles. The van der Waals surface area contributed by atoms with E-state index in [1.807, 2.05) is 24.3 Å². The molecule has 17 heavy (non-hydrogen) atoms. The van der Waals surface area contributed by atoms with Crippen molar-refractivity contribution >= 4 is 0 Å². The van der Waals surface area contributed by atoms with E-state index in [2.05, 4.69) is 12.2 Å². The van der Waals surface area contributed by atoms with Crippen LogP contribution in [0.25, 0.3) is 0 Å². The molecular weight excluding hydrogens is 214 g/mol. The highest BCUT2D eigenvalue weighted by molar-refractivity contribution is 5.35. The first kappa shape index (κ1) is 12.4. The van der Waals surface area contributed by atoms with Gasteiger partial charge in [-0.05, 0) is 31.7 Å². The first-order chi connectivity index (χ1) is 8.22. The molecule has 0 saturated heterocycles. The first-order valence-electron chi connectivity index (χ1n) is 6.26. The Balaban J connectivity index is 1.91. The largest absolute Gasteiger partial charge is 0.496 e. The lowest BCUT2D eigenvalue weighted by molar-refractivity contribution is 0.165. The quantitative estimate of drug-likeness (QED) is 0.793. The van der Waals surface area contributed by atoms with E-state index in [0.717, 1.165) is 17.2 Å². The van der Waals surface area contributed by atoms with Gasteiger partial charge in [0.05, 0.1) is 13.2 Å². The predicted octanol–water partition coefficient (Wildman–Crippen LogP) is 2.12. The average Bonchev–Trinajstić information content (AvgIpc) is 3.19. The van der Waals surface area contributed by atoms with Crippen molar-refractivity contribution in [3.63, 3.8) is 0 Å². The van der Waals surface area contributed by atoms with Crippen LogP contribution in [0.3, 0.4) is 0 Å². The molecule has 0 spiro atoms. The zero-order valence-electron chi connectivity index (χ0n) is 10.5. The minimum Gasteiger partial charge on any atom is -0.496 e. The summed E-state index contributed by atoms with van der Waals surface area (Å²) in [6, 6.07) is 8.12. The van der Waals surface area contributed by atoms with E-state index in [1.54, 1.807) is 7.11 Å². The van der Waals surface area contributed by atoms with Crippen LogP contribution in [0.5, 0.6) is 5.75 Å². The third-order valence-corrected chi connectivity index (χ3v) is 3.46. The Morgan fingerprint density at radius 1 is 1.41 bits per heavy atom. The van der Waals surface area contributed by atoms with Crippen molar-refractivity contribution in [3.8, 4) is 5.75 Å². The lowest BCUT2D eigenvalue weighted by Crippen LogP contribution is -2.32. The van der Waals surface area contributed by atoms with Gasteiger partial charge in [0, 0.05) is 18.2 Å². The van der Waals surface area contributed by atoms with E-state index >= 15 is 0 Å². The summed E-state index contributed by atoms with van der Waals surface area (Å²) in [4.78, 5) is 0. The van der Waals surface area contributed by atoms with Crippen molar-refractivity contribution < 1.29 is 9.84 Å². The zero-order chi connectivity index (χ0) is 12.3. The average molecular weight is 235 g/mol. The summed E-state index contributed by atoms with van der Waals surface area (Å²) < 4.78 is 5.25. The summed E-state index contributed by atoms with van der Waals surface area (Å²) in [6.45, 7) is 2.77. The molecule has 0 bridgehead atoms. The van der Waals surface area contributed by atoms with Crippen molar-refractivity contribution in [3.05, 3.63) is 29.8 Å². The van der Waals surface area contributed by atoms with Gasteiger partial charge in [0.1, 0.15) is 5.75 Å². The molecule has 2 rings (SSSR count). The van der Waals surface area contributed by atoms with Crippen molar-refractivity contribution in [2.75, 3.05) is 13.7 Å². The SMILES string of the molecule is COc1ccccc1[C@@H](O)CN[C@@H](C)C1CC1. The summed E-state index contributed by atoms with van der Waals surface area (Å²) in [7, 11) is 1.63. The Morgan fingerprint density at radius 2 is 2.12 bits per heavy atom. The number of rotatable bonds is 6. The molecule has 2 atom stereocenters. The molecule has 0 radical (unpaired) electrons. The van der Waals surface area contributed by atoms with Gasteiger partial charge in [-0.15, -0.1) is 0 Å². The lowest BCUT2D eigenvalue weighted by atomic mass is 10.1. The number of para-hydroxylation sites is 1. The molecule has 0 amide bonds. The molecule has 94 valence electrons. The highest BCUT2D eigenvalue weighted by Crippen LogP contribution is 2.32. The summed E-state index contributed by atoms with van der Waals surface area (Å²) in [6.07, 6.45) is 2.13. The Bertz CT molecular complexity index is 363. The van der Waals surface area contributed by atoms with E-state index in [9.17, 15) is 5.11 Å². The van der Waals surface area contributed by atoms with Crippen LogP contribution in [-0.2, 0) is 0 Å². The maximum atomic E-state index is 10.1. The number of benzene rings is 1. The van der Waals surface area contributed by atoms with Gasteiger partial charge in [0.25, 0.3) is 0 Å². The fourth-order valence-electron chi connectivity index (χ4n) is 2.11. The predicted molar refractivity (Wildman–Crippen MR) is 68.1 cm³/mol. The van der Waals surface area contributed by atoms with Crippen LogP contribution in [0.15, 0.2) is 24.3 Å². The molecule has 0 aliphatic heterocycles.